The highest BCUT2D eigenvalue weighted by atomic mass is 16.5. The Balaban J connectivity index is 3.14. The molecule has 0 bridgehead atoms. The van der Waals surface area contributed by atoms with Gasteiger partial charge in [0.1, 0.15) is 0 Å². The summed E-state index contributed by atoms with van der Waals surface area (Å²) in [6.07, 6.45) is -0.624. The van der Waals surface area contributed by atoms with Gasteiger partial charge in [0, 0.05) is 11.6 Å². The average molecular weight is 225 g/mol. The second kappa shape index (κ2) is 4.70. The average Bonchev–Trinajstić information content (AvgIpc) is 2.26. The van der Waals surface area contributed by atoms with Gasteiger partial charge in [-0.2, -0.15) is 4.98 Å². The van der Waals surface area contributed by atoms with E-state index in [1.807, 2.05) is 20.8 Å². The van der Waals surface area contributed by atoms with Crippen molar-refractivity contribution in [3.8, 4) is 11.8 Å². The van der Waals surface area contributed by atoms with E-state index in [4.69, 9.17) is 9.47 Å². The molecule has 1 heterocycles. The molecule has 0 aliphatic heterocycles. The predicted molar refractivity (Wildman–Crippen MR) is 61.8 cm³/mol. The van der Waals surface area contributed by atoms with Gasteiger partial charge in [0.2, 0.25) is 11.8 Å². The molecule has 1 aromatic heterocycles. The van der Waals surface area contributed by atoms with Gasteiger partial charge in [-0.3, -0.25) is 0 Å². The summed E-state index contributed by atoms with van der Waals surface area (Å²) >= 11 is 0. The summed E-state index contributed by atoms with van der Waals surface area (Å²) in [7, 11) is 3.07. The van der Waals surface area contributed by atoms with Crippen LogP contribution in [0, 0.1) is 5.41 Å². The zero-order valence-electron chi connectivity index (χ0n) is 10.4. The maximum Gasteiger partial charge on any atom is 0.222 e. The summed E-state index contributed by atoms with van der Waals surface area (Å²) in [5.41, 5.74) is 0.416. The van der Waals surface area contributed by atoms with Crippen LogP contribution in [-0.4, -0.2) is 24.3 Å². The Morgan fingerprint density at radius 3 is 2.25 bits per heavy atom. The largest absolute Gasteiger partial charge is 0.481 e. The summed E-state index contributed by atoms with van der Waals surface area (Å²) in [6, 6.07) is 3.49. The van der Waals surface area contributed by atoms with Gasteiger partial charge in [-0.15, -0.1) is 0 Å². The maximum atomic E-state index is 10.2. The zero-order valence-corrected chi connectivity index (χ0v) is 10.4. The van der Waals surface area contributed by atoms with Crippen molar-refractivity contribution in [2.24, 2.45) is 5.41 Å². The Morgan fingerprint density at radius 2 is 1.81 bits per heavy atom. The molecule has 1 N–H and O–H groups in total. The van der Waals surface area contributed by atoms with E-state index in [0.717, 1.165) is 0 Å². The van der Waals surface area contributed by atoms with Crippen molar-refractivity contribution in [3.63, 3.8) is 0 Å². The van der Waals surface area contributed by atoms with Gasteiger partial charge in [0.15, 0.2) is 0 Å². The summed E-state index contributed by atoms with van der Waals surface area (Å²) in [5, 5.41) is 10.2. The first-order valence-electron chi connectivity index (χ1n) is 5.17. The van der Waals surface area contributed by atoms with Crippen molar-refractivity contribution in [2.45, 2.75) is 26.9 Å². The van der Waals surface area contributed by atoms with Crippen LogP contribution in [0.3, 0.4) is 0 Å². The number of rotatable bonds is 3. The SMILES string of the molecule is COc1ccc(C(O)C(C)(C)C)c(OC)n1. The smallest absolute Gasteiger partial charge is 0.222 e. The van der Waals surface area contributed by atoms with Crippen molar-refractivity contribution >= 4 is 0 Å². The first-order chi connectivity index (χ1) is 7.40. The molecular formula is C12H19NO3. The highest BCUT2D eigenvalue weighted by molar-refractivity contribution is 5.33. The van der Waals surface area contributed by atoms with E-state index in [0.29, 0.717) is 17.3 Å². The summed E-state index contributed by atoms with van der Waals surface area (Å²) < 4.78 is 10.2. The minimum absolute atomic E-state index is 0.260. The Hall–Kier alpha value is -1.29. The number of nitrogens with zero attached hydrogens (tertiary/aromatic N) is 1. The lowest BCUT2D eigenvalue weighted by Crippen LogP contribution is -2.18. The number of methoxy groups -OCH3 is 2. The second-order valence-electron chi connectivity index (χ2n) is 4.72. The molecule has 4 heteroatoms. The zero-order chi connectivity index (χ0) is 12.3. The van der Waals surface area contributed by atoms with E-state index in [9.17, 15) is 5.11 Å². The van der Waals surface area contributed by atoms with Crippen LogP contribution in [0.25, 0.3) is 0 Å². The molecule has 1 aromatic rings. The van der Waals surface area contributed by atoms with Gasteiger partial charge >= 0.3 is 0 Å². The molecule has 1 unspecified atom stereocenters. The fourth-order valence-electron chi connectivity index (χ4n) is 1.39. The van der Waals surface area contributed by atoms with Crippen LogP contribution < -0.4 is 9.47 Å². The van der Waals surface area contributed by atoms with Gasteiger partial charge in [-0.25, -0.2) is 0 Å². The van der Waals surface area contributed by atoms with Crippen molar-refractivity contribution < 1.29 is 14.6 Å². The fraction of sp³-hybridized carbons (Fsp3) is 0.583. The molecule has 0 amide bonds. The Bertz CT molecular complexity index is 358. The lowest BCUT2D eigenvalue weighted by molar-refractivity contribution is 0.0597. The quantitative estimate of drug-likeness (QED) is 0.856. The molecule has 0 aliphatic carbocycles. The van der Waals surface area contributed by atoms with Crippen LogP contribution in [-0.2, 0) is 0 Å². The Labute approximate surface area is 96.2 Å². The van der Waals surface area contributed by atoms with Crippen molar-refractivity contribution in [3.05, 3.63) is 17.7 Å². The lowest BCUT2D eigenvalue weighted by atomic mass is 9.85. The summed E-state index contributed by atoms with van der Waals surface area (Å²) in [5.74, 6) is 0.878. The Kier molecular flexibility index (Phi) is 3.75. The molecule has 0 aliphatic rings. The lowest BCUT2D eigenvalue weighted by Gasteiger charge is -2.26. The van der Waals surface area contributed by atoms with Gasteiger partial charge < -0.3 is 14.6 Å². The number of aromatic nitrogens is 1. The summed E-state index contributed by atoms with van der Waals surface area (Å²) in [4.78, 5) is 4.14. The van der Waals surface area contributed by atoms with Gasteiger partial charge in [-0.1, -0.05) is 20.8 Å². The van der Waals surface area contributed by atoms with E-state index >= 15 is 0 Å². The molecular weight excluding hydrogens is 206 g/mol. The molecule has 0 saturated heterocycles. The van der Waals surface area contributed by atoms with Crippen LogP contribution in [0.15, 0.2) is 12.1 Å². The molecule has 0 saturated carbocycles. The van der Waals surface area contributed by atoms with Gasteiger partial charge in [0.25, 0.3) is 0 Å². The monoisotopic (exact) mass is 225 g/mol. The van der Waals surface area contributed by atoms with Gasteiger partial charge in [-0.05, 0) is 11.5 Å². The first-order valence-corrected chi connectivity index (χ1v) is 5.17. The topological polar surface area (TPSA) is 51.6 Å². The highest BCUT2D eigenvalue weighted by Gasteiger charge is 2.27. The van der Waals surface area contributed by atoms with Crippen molar-refractivity contribution in [1.29, 1.82) is 0 Å². The molecule has 1 atom stereocenters. The molecule has 0 aromatic carbocycles. The third kappa shape index (κ3) is 2.64. The number of aliphatic hydroxyl groups is 1. The maximum absolute atomic E-state index is 10.2. The number of hydrogen-bond donors (Lipinski definition) is 1. The third-order valence-electron chi connectivity index (χ3n) is 2.38. The molecule has 1 rings (SSSR count). The van der Waals surface area contributed by atoms with E-state index < -0.39 is 6.10 Å². The van der Waals surface area contributed by atoms with E-state index in [1.165, 1.54) is 7.11 Å². The number of pyridine rings is 1. The van der Waals surface area contributed by atoms with Crippen LogP contribution >= 0.6 is 0 Å². The second-order valence-corrected chi connectivity index (χ2v) is 4.72. The molecule has 16 heavy (non-hydrogen) atoms. The fourth-order valence-corrected chi connectivity index (χ4v) is 1.39. The normalized spacial score (nSPS) is 13.4. The minimum Gasteiger partial charge on any atom is -0.481 e. The molecule has 90 valence electrons. The van der Waals surface area contributed by atoms with Crippen LogP contribution in [0.1, 0.15) is 32.4 Å². The van der Waals surface area contributed by atoms with Crippen LogP contribution in [0.4, 0.5) is 0 Å². The third-order valence-corrected chi connectivity index (χ3v) is 2.38. The Morgan fingerprint density at radius 1 is 1.19 bits per heavy atom. The number of ether oxygens (including phenoxy) is 2. The first kappa shape index (κ1) is 12.8. The molecule has 4 nitrogen and oxygen atoms in total. The van der Waals surface area contributed by atoms with E-state index in [1.54, 1.807) is 19.2 Å². The predicted octanol–water partition coefficient (Wildman–Crippen LogP) is 2.18. The van der Waals surface area contributed by atoms with Crippen molar-refractivity contribution in [1.82, 2.24) is 4.98 Å². The minimum atomic E-state index is -0.624. The van der Waals surface area contributed by atoms with E-state index in [-0.39, 0.29) is 5.41 Å². The van der Waals surface area contributed by atoms with Crippen molar-refractivity contribution in [2.75, 3.05) is 14.2 Å². The van der Waals surface area contributed by atoms with E-state index in [2.05, 4.69) is 4.98 Å². The highest BCUT2D eigenvalue weighted by Crippen LogP contribution is 2.37. The molecule has 0 radical (unpaired) electrons. The van der Waals surface area contributed by atoms with Crippen LogP contribution in [0.5, 0.6) is 11.8 Å². The number of aliphatic hydroxyl groups excluding tert-OH is 1. The molecule has 0 spiro atoms. The standard InChI is InChI=1S/C12H19NO3/c1-12(2,3)10(14)8-6-7-9(15-4)13-11(8)16-5/h6-7,10,14H,1-5H3. The number of hydrogen-bond acceptors (Lipinski definition) is 4. The summed E-state index contributed by atoms with van der Waals surface area (Å²) in [6.45, 7) is 5.88. The molecule has 0 fully saturated rings. The van der Waals surface area contributed by atoms with Gasteiger partial charge in [0.05, 0.1) is 20.3 Å². The van der Waals surface area contributed by atoms with Crippen LogP contribution in [0.2, 0.25) is 0 Å².